The Balaban J connectivity index is 1.61. The predicted molar refractivity (Wildman–Crippen MR) is 98.9 cm³/mol. The van der Waals surface area contributed by atoms with E-state index in [0.717, 1.165) is 18.1 Å². The molecule has 0 radical (unpaired) electrons. The highest BCUT2D eigenvalue weighted by molar-refractivity contribution is 7.16. The van der Waals surface area contributed by atoms with Crippen LogP contribution in [0.5, 0.6) is 5.88 Å². The Morgan fingerprint density at radius 2 is 2.00 bits per heavy atom. The molecule has 1 amide bonds. The number of anilines is 1. The molecule has 0 unspecified atom stereocenters. The van der Waals surface area contributed by atoms with Crippen LogP contribution in [0.3, 0.4) is 0 Å². The minimum Gasteiger partial charge on any atom is -0.492 e. The van der Waals surface area contributed by atoms with E-state index in [1.54, 1.807) is 12.2 Å². The Morgan fingerprint density at radius 3 is 2.84 bits per heavy atom. The van der Waals surface area contributed by atoms with Gasteiger partial charge in [-0.25, -0.2) is 4.99 Å². The van der Waals surface area contributed by atoms with Gasteiger partial charge in [-0.1, -0.05) is 48.8 Å². The summed E-state index contributed by atoms with van der Waals surface area (Å²) < 4.78 is 0. The molecule has 1 saturated carbocycles. The summed E-state index contributed by atoms with van der Waals surface area (Å²) in [5.74, 6) is -0.343. The Hall–Kier alpha value is -2.47. The van der Waals surface area contributed by atoms with Crippen LogP contribution in [0.15, 0.2) is 34.8 Å². The molecule has 1 fully saturated rings. The summed E-state index contributed by atoms with van der Waals surface area (Å²) in [5, 5.41) is 15.8. The lowest BCUT2D eigenvalue weighted by Gasteiger charge is -2.22. The molecular formula is C19H19N3O2S. The fourth-order valence-electron chi connectivity index (χ4n) is 3.26. The standard InChI is InChI=1S/C19H19N3O2S/c23-17-13(10-12-6-4-5-9-15(12)21-17)11-16-18(24)22-19(25-16)20-14-7-2-1-3-8-14/h4-6,9-11,14,24H,1-3,7-8H2,(H,20,22). The number of hydrogen-bond acceptors (Lipinski definition) is 5. The number of hydrogen-bond donors (Lipinski definition) is 2. The van der Waals surface area contributed by atoms with Crippen molar-refractivity contribution in [3.63, 3.8) is 0 Å². The van der Waals surface area contributed by atoms with E-state index in [1.165, 1.54) is 30.6 Å². The van der Waals surface area contributed by atoms with Crippen LogP contribution in [-0.2, 0) is 4.79 Å². The van der Waals surface area contributed by atoms with Gasteiger partial charge in [-0.05, 0) is 31.1 Å². The van der Waals surface area contributed by atoms with Gasteiger partial charge in [0.1, 0.15) is 0 Å². The molecule has 128 valence electrons. The van der Waals surface area contributed by atoms with Crippen molar-refractivity contribution in [2.45, 2.75) is 38.1 Å². The number of carbonyl (C=O) groups excluding carboxylic acids is 1. The van der Waals surface area contributed by atoms with Crippen LogP contribution in [0.2, 0.25) is 0 Å². The molecule has 1 aliphatic carbocycles. The third kappa shape index (κ3) is 3.49. The van der Waals surface area contributed by atoms with E-state index in [4.69, 9.17) is 0 Å². The van der Waals surface area contributed by atoms with Crippen LogP contribution in [0.1, 0.15) is 37.0 Å². The minimum absolute atomic E-state index is 0.0455. The molecule has 4 rings (SSSR count). The van der Waals surface area contributed by atoms with Crippen LogP contribution < -0.4 is 15.9 Å². The zero-order valence-corrected chi connectivity index (χ0v) is 14.6. The normalized spacial score (nSPS) is 19.2. The summed E-state index contributed by atoms with van der Waals surface area (Å²) in [5.41, 5.74) is 0.460. The lowest BCUT2D eigenvalue weighted by molar-refractivity contribution is -0.114. The Kier molecular flexibility index (Phi) is 4.36. The first-order chi connectivity index (χ1) is 12.2. The second-order valence-electron chi connectivity index (χ2n) is 6.41. The van der Waals surface area contributed by atoms with Crippen LogP contribution >= 0.6 is 11.3 Å². The second-order valence-corrected chi connectivity index (χ2v) is 7.44. The van der Waals surface area contributed by atoms with Crippen molar-refractivity contribution in [2.24, 2.45) is 4.99 Å². The van der Waals surface area contributed by atoms with Crippen molar-refractivity contribution in [1.82, 2.24) is 4.98 Å². The highest BCUT2D eigenvalue weighted by Crippen LogP contribution is 2.32. The smallest absolute Gasteiger partial charge is 0.277 e. The number of thiazole rings is 1. The summed E-state index contributed by atoms with van der Waals surface area (Å²) in [6.07, 6.45) is 9.50. The van der Waals surface area contributed by atoms with E-state index in [0.29, 0.717) is 27.0 Å². The number of amides is 1. The zero-order valence-electron chi connectivity index (χ0n) is 13.7. The highest BCUT2D eigenvalue weighted by atomic mass is 32.1. The van der Waals surface area contributed by atoms with E-state index >= 15 is 0 Å². The first-order valence-electron chi connectivity index (χ1n) is 8.57. The van der Waals surface area contributed by atoms with Crippen molar-refractivity contribution in [2.75, 3.05) is 5.32 Å². The molecular weight excluding hydrogens is 334 g/mol. The molecule has 0 atom stereocenters. The molecule has 2 aliphatic rings. The van der Waals surface area contributed by atoms with Crippen molar-refractivity contribution in [1.29, 1.82) is 0 Å². The number of carbonyl (C=O) groups is 1. The number of benzene rings is 1. The number of aromatic nitrogens is 1. The monoisotopic (exact) mass is 353 g/mol. The maximum absolute atomic E-state index is 12.2. The van der Waals surface area contributed by atoms with E-state index in [9.17, 15) is 9.90 Å². The zero-order chi connectivity index (χ0) is 17.2. The SMILES string of the molecule is O=C1N=c2ccccc2=CC1=Cc1sc(NC2CCCCC2)nc1O. The van der Waals surface area contributed by atoms with Gasteiger partial charge >= 0.3 is 0 Å². The Bertz CT molecular complexity index is 955. The maximum Gasteiger partial charge on any atom is 0.277 e. The molecule has 6 heteroatoms. The molecule has 0 saturated heterocycles. The number of nitrogens with zero attached hydrogens (tertiary/aromatic N) is 2. The number of aromatic hydroxyl groups is 1. The fraction of sp³-hybridized carbons (Fsp3) is 0.316. The van der Waals surface area contributed by atoms with E-state index in [-0.39, 0.29) is 11.8 Å². The van der Waals surface area contributed by atoms with Crippen LogP contribution in [0.4, 0.5) is 5.13 Å². The largest absolute Gasteiger partial charge is 0.492 e. The lowest BCUT2D eigenvalue weighted by Crippen LogP contribution is -2.29. The molecule has 1 aromatic heterocycles. The molecule has 0 bridgehead atoms. The van der Waals surface area contributed by atoms with Crippen molar-refractivity contribution in [3.8, 4) is 5.88 Å². The average molecular weight is 353 g/mol. The third-order valence-electron chi connectivity index (χ3n) is 4.57. The van der Waals surface area contributed by atoms with Crippen LogP contribution in [0.25, 0.3) is 12.2 Å². The van der Waals surface area contributed by atoms with Gasteiger partial charge in [0.15, 0.2) is 5.13 Å². The first kappa shape index (κ1) is 16.0. The maximum atomic E-state index is 12.2. The van der Waals surface area contributed by atoms with E-state index in [2.05, 4.69) is 15.3 Å². The van der Waals surface area contributed by atoms with Gasteiger partial charge in [0, 0.05) is 16.8 Å². The molecule has 0 spiro atoms. The van der Waals surface area contributed by atoms with Gasteiger partial charge in [0.25, 0.3) is 5.91 Å². The van der Waals surface area contributed by atoms with Gasteiger partial charge < -0.3 is 10.4 Å². The van der Waals surface area contributed by atoms with Crippen LogP contribution in [-0.4, -0.2) is 22.0 Å². The van der Waals surface area contributed by atoms with Gasteiger partial charge in [-0.3, -0.25) is 4.79 Å². The third-order valence-corrected chi connectivity index (χ3v) is 5.49. The van der Waals surface area contributed by atoms with E-state index in [1.807, 2.05) is 24.3 Å². The number of fused-ring (bicyclic) bond motifs is 1. The second kappa shape index (κ2) is 6.80. The highest BCUT2D eigenvalue weighted by Gasteiger charge is 2.17. The number of para-hydroxylation sites is 1. The number of rotatable bonds is 3. The molecule has 2 aromatic rings. The lowest BCUT2D eigenvalue weighted by atomic mass is 9.96. The summed E-state index contributed by atoms with van der Waals surface area (Å²) >= 11 is 1.37. The summed E-state index contributed by atoms with van der Waals surface area (Å²) in [7, 11) is 0. The van der Waals surface area contributed by atoms with Crippen molar-refractivity contribution in [3.05, 3.63) is 45.3 Å². The summed E-state index contributed by atoms with van der Waals surface area (Å²) in [6, 6.07) is 7.92. The summed E-state index contributed by atoms with van der Waals surface area (Å²) in [4.78, 5) is 21.1. The fourth-order valence-corrected chi connectivity index (χ4v) is 4.15. The Morgan fingerprint density at radius 1 is 1.20 bits per heavy atom. The number of nitrogens with one attached hydrogen (secondary N) is 1. The van der Waals surface area contributed by atoms with Crippen molar-refractivity contribution < 1.29 is 9.90 Å². The first-order valence-corrected chi connectivity index (χ1v) is 9.38. The molecule has 1 aromatic carbocycles. The van der Waals surface area contributed by atoms with Crippen LogP contribution in [0, 0.1) is 0 Å². The van der Waals surface area contributed by atoms with Gasteiger partial charge in [-0.15, -0.1) is 0 Å². The molecule has 2 heterocycles. The summed E-state index contributed by atoms with van der Waals surface area (Å²) in [6.45, 7) is 0. The average Bonchev–Trinajstić information content (AvgIpc) is 2.95. The molecule has 1 aliphatic heterocycles. The van der Waals surface area contributed by atoms with Crippen molar-refractivity contribution >= 4 is 34.5 Å². The topological polar surface area (TPSA) is 74.6 Å². The predicted octanol–water partition coefficient (Wildman–Crippen LogP) is 2.62. The quantitative estimate of drug-likeness (QED) is 0.832. The molecule has 25 heavy (non-hydrogen) atoms. The van der Waals surface area contributed by atoms with E-state index < -0.39 is 0 Å². The minimum atomic E-state index is -0.298. The molecule has 5 nitrogen and oxygen atoms in total. The molecule has 2 N–H and O–H groups in total. The van der Waals surface area contributed by atoms with Gasteiger partial charge in [0.05, 0.1) is 10.2 Å². The Labute approximate surface area is 149 Å². The van der Waals surface area contributed by atoms with Gasteiger partial charge in [-0.2, -0.15) is 4.98 Å². The van der Waals surface area contributed by atoms with Gasteiger partial charge in [0.2, 0.25) is 5.88 Å².